The van der Waals surface area contributed by atoms with Crippen molar-refractivity contribution in [2.24, 2.45) is 0 Å². The van der Waals surface area contributed by atoms with Crippen LogP contribution in [-0.2, 0) is 18.4 Å². The largest absolute Gasteiger partial charge is 0.341 e. The lowest BCUT2D eigenvalue weighted by Gasteiger charge is -2.29. The predicted molar refractivity (Wildman–Crippen MR) is 88.3 cm³/mol. The molecule has 110 valence electrons. The zero-order chi connectivity index (χ0) is 14.9. The van der Waals surface area contributed by atoms with Crippen molar-refractivity contribution in [2.75, 3.05) is 5.88 Å². The summed E-state index contributed by atoms with van der Waals surface area (Å²) in [5, 5.41) is 3.10. The van der Waals surface area contributed by atoms with Gasteiger partial charge in [0.2, 0.25) is 0 Å². The fourth-order valence-electron chi connectivity index (χ4n) is 2.74. The lowest BCUT2D eigenvalue weighted by Crippen LogP contribution is -2.44. The van der Waals surface area contributed by atoms with E-state index < -0.39 is 5.54 Å². The van der Waals surface area contributed by atoms with Gasteiger partial charge < -0.3 is 5.32 Å². The van der Waals surface area contributed by atoms with Crippen LogP contribution in [0.2, 0.25) is 0 Å². The summed E-state index contributed by atoms with van der Waals surface area (Å²) in [6.45, 7) is 1.97. The number of alkyl halides is 1. The molecule has 2 nitrogen and oxygen atoms in total. The summed E-state index contributed by atoms with van der Waals surface area (Å²) < 4.78 is 0. The van der Waals surface area contributed by atoms with Gasteiger partial charge in [0.05, 0.1) is 10.4 Å². The molecule has 0 saturated heterocycles. The Labute approximate surface area is 134 Å². The third-order valence-electron chi connectivity index (χ3n) is 4.04. The van der Waals surface area contributed by atoms with E-state index in [4.69, 9.17) is 11.6 Å². The Morgan fingerprint density at radius 2 is 2.10 bits per heavy atom. The van der Waals surface area contributed by atoms with Crippen molar-refractivity contribution in [3.05, 3.63) is 57.3 Å². The van der Waals surface area contributed by atoms with Crippen LogP contribution >= 0.6 is 22.9 Å². The molecule has 1 amide bonds. The van der Waals surface area contributed by atoms with E-state index in [9.17, 15) is 4.79 Å². The van der Waals surface area contributed by atoms with Gasteiger partial charge in [0.1, 0.15) is 0 Å². The monoisotopic (exact) mass is 319 g/mol. The zero-order valence-corrected chi connectivity index (χ0v) is 13.6. The van der Waals surface area contributed by atoms with Crippen LogP contribution in [0.5, 0.6) is 0 Å². The van der Waals surface area contributed by atoms with Gasteiger partial charge >= 0.3 is 0 Å². The number of hydrogen-bond acceptors (Lipinski definition) is 2. The highest BCUT2D eigenvalue weighted by Gasteiger charge is 2.29. The highest BCUT2D eigenvalue weighted by atomic mass is 35.5. The summed E-state index contributed by atoms with van der Waals surface area (Å²) in [4.78, 5) is 14.7. The minimum Gasteiger partial charge on any atom is -0.341 e. The number of rotatable bonds is 4. The molecule has 3 rings (SSSR count). The van der Waals surface area contributed by atoms with Crippen molar-refractivity contribution in [1.82, 2.24) is 5.32 Å². The van der Waals surface area contributed by atoms with Gasteiger partial charge in [0.25, 0.3) is 5.91 Å². The second kappa shape index (κ2) is 5.82. The van der Waals surface area contributed by atoms with Gasteiger partial charge in [-0.1, -0.05) is 30.3 Å². The number of amides is 1. The van der Waals surface area contributed by atoms with Gasteiger partial charge in [-0.25, -0.2) is 0 Å². The van der Waals surface area contributed by atoms with Crippen LogP contribution in [0, 0.1) is 0 Å². The first-order chi connectivity index (χ1) is 10.1. The molecule has 0 saturated carbocycles. The van der Waals surface area contributed by atoms with Gasteiger partial charge in [0, 0.05) is 10.8 Å². The van der Waals surface area contributed by atoms with E-state index in [0.717, 1.165) is 23.3 Å². The lowest BCUT2D eigenvalue weighted by molar-refractivity contribution is 0.0917. The number of halogens is 1. The highest BCUT2D eigenvalue weighted by Crippen LogP contribution is 2.31. The molecule has 1 atom stereocenters. The molecule has 0 spiro atoms. The van der Waals surface area contributed by atoms with E-state index in [1.807, 2.05) is 43.3 Å². The minimum absolute atomic E-state index is 0.0265. The Bertz CT molecular complexity index is 631. The first kappa shape index (κ1) is 14.6. The molecular weight excluding hydrogens is 302 g/mol. The van der Waals surface area contributed by atoms with Gasteiger partial charge in [-0.2, -0.15) is 0 Å². The van der Waals surface area contributed by atoms with E-state index in [-0.39, 0.29) is 5.91 Å². The maximum Gasteiger partial charge on any atom is 0.262 e. The summed E-state index contributed by atoms with van der Waals surface area (Å²) in [5.74, 6) is 0.315. The third-order valence-corrected chi connectivity index (χ3v) is 5.81. The van der Waals surface area contributed by atoms with E-state index in [1.54, 1.807) is 11.3 Å². The molecule has 0 aliphatic heterocycles. The van der Waals surface area contributed by atoms with Crippen molar-refractivity contribution in [2.45, 2.75) is 31.7 Å². The van der Waals surface area contributed by atoms with Crippen LogP contribution in [-0.4, -0.2) is 11.8 Å². The first-order valence-corrected chi connectivity index (χ1v) is 8.53. The Morgan fingerprint density at radius 3 is 2.76 bits per heavy atom. The summed E-state index contributed by atoms with van der Waals surface area (Å²) in [7, 11) is 0. The Hall–Kier alpha value is -1.32. The Kier molecular flexibility index (Phi) is 4.05. The average molecular weight is 320 g/mol. The predicted octanol–water partition coefficient (Wildman–Crippen LogP) is 4.12. The second-order valence-electron chi connectivity index (χ2n) is 5.70. The van der Waals surface area contributed by atoms with Crippen LogP contribution in [0.1, 0.15) is 39.0 Å². The fourth-order valence-corrected chi connectivity index (χ4v) is 4.11. The number of nitrogens with one attached hydrogen (secondary N) is 1. The normalized spacial score (nSPS) is 16.3. The summed E-state index contributed by atoms with van der Waals surface area (Å²) >= 11 is 7.76. The van der Waals surface area contributed by atoms with E-state index >= 15 is 0 Å². The SMILES string of the molecule is CC(CCl)(NC(=O)c1cc2c(s1)CCC2)c1ccccc1. The lowest BCUT2D eigenvalue weighted by atomic mass is 9.94. The number of thiophene rings is 1. The standard InChI is InChI=1S/C17H18ClNOS/c1-17(11-18,13-7-3-2-4-8-13)19-16(20)15-10-12-6-5-9-14(12)21-15/h2-4,7-8,10H,5-6,9,11H2,1H3,(H,19,20). The van der Waals surface area contributed by atoms with Crippen LogP contribution in [0.25, 0.3) is 0 Å². The van der Waals surface area contributed by atoms with Crippen LogP contribution in [0.3, 0.4) is 0 Å². The maximum atomic E-state index is 12.5. The molecule has 1 N–H and O–H groups in total. The number of aryl methyl sites for hydroxylation is 2. The summed E-state index contributed by atoms with van der Waals surface area (Å²) in [6, 6.07) is 11.9. The Morgan fingerprint density at radius 1 is 1.33 bits per heavy atom. The number of fused-ring (bicyclic) bond motifs is 1. The van der Waals surface area contributed by atoms with Crippen LogP contribution in [0.4, 0.5) is 0 Å². The van der Waals surface area contributed by atoms with Gasteiger partial charge in [0.15, 0.2) is 0 Å². The third kappa shape index (κ3) is 2.85. The molecule has 1 aliphatic carbocycles. The average Bonchev–Trinajstić information content (AvgIpc) is 3.09. The molecule has 0 radical (unpaired) electrons. The molecule has 1 aliphatic rings. The molecule has 1 unspecified atom stereocenters. The molecule has 21 heavy (non-hydrogen) atoms. The minimum atomic E-state index is -0.547. The molecule has 4 heteroatoms. The van der Waals surface area contributed by atoms with E-state index in [0.29, 0.717) is 5.88 Å². The molecule has 1 heterocycles. The highest BCUT2D eigenvalue weighted by molar-refractivity contribution is 7.14. The molecule has 2 aromatic rings. The molecule has 0 fully saturated rings. The van der Waals surface area contributed by atoms with Gasteiger partial charge in [-0.3, -0.25) is 4.79 Å². The molecule has 0 bridgehead atoms. The number of carbonyl (C=O) groups is 1. The molecule has 1 aromatic carbocycles. The van der Waals surface area contributed by atoms with Crippen molar-refractivity contribution >= 4 is 28.8 Å². The number of benzene rings is 1. The van der Waals surface area contributed by atoms with E-state index in [2.05, 4.69) is 5.32 Å². The Balaban J connectivity index is 1.81. The molecular formula is C17H18ClNOS. The van der Waals surface area contributed by atoms with Crippen molar-refractivity contribution in [3.8, 4) is 0 Å². The van der Waals surface area contributed by atoms with Crippen LogP contribution < -0.4 is 5.32 Å². The van der Waals surface area contributed by atoms with Crippen molar-refractivity contribution in [1.29, 1.82) is 0 Å². The number of carbonyl (C=O) groups excluding carboxylic acids is 1. The first-order valence-electron chi connectivity index (χ1n) is 7.18. The summed E-state index contributed by atoms with van der Waals surface area (Å²) in [5.41, 5.74) is 1.82. The summed E-state index contributed by atoms with van der Waals surface area (Å²) in [6.07, 6.45) is 3.43. The van der Waals surface area contributed by atoms with Gasteiger partial charge in [-0.05, 0) is 43.4 Å². The number of hydrogen-bond donors (Lipinski definition) is 1. The molecule has 1 aromatic heterocycles. The fraction of sp³-hybridized carbons (Fsp3) is 0.353. The topological polar surface area (TPSA) is 29.1 Å². The van der Waals surface area contributed by atoms with Crippen molar-refractivity contribution in [3.63, 3.8) is 0 Å². The van der Waals surface area contributed by atoms with Crippen LogP contribution in [0.15, 0.2) is 36.4 Å². The van der Waals surface area contributed by atoms with Gasteiger partial charge in [-0.15, -0.1) is 22.9 Å². The second-order valence-corrected chi connectivity index (χ2v) is 7.10. The van der Waals surface area contributed by atoms with Crippen molar-refractivity contribution < 1.29 is 4.79 Å². The smallest absolute Gasteiger partial charge is 0.262 e. The quantitative estimate of drug-likeness (QED) is 0.844. The van der Waals surface area contributed by atoms with E-state index in [1.165, 1.54) is 16.9 Å². The maximum absolute atomic E-state index is 12.5. The zero-order valence-electron chi connectivity index (χ0n) is 12.0.